The Morgan fingerprint density at radius 3 is 2.56 bits per heavy atom. The van der Waals surface area contributed by atoms with E-state index in [9.17, 15) is 4.79 Å². The van der Waals surface area contributed by atoms with Crippen molar-refractivity contribution in [2.45, 2.75) is 26.7 Å². The molecule has 2 aromatic carbocycles. The highest BCUT2D eigenvalue weighted by Gasteiger charge is 2.06. The highest BCUT2D eigenvalue weighted by molar-refractivity contribution is 5.87. The molecule has 0 N–H and O–H groups in total. The van der Waals surface area contributed by atoms with Crippen LogP contribution in [0.3, 0.4) is 0 Å². The Morgan fingerprint density at radius 2 is 1.88 bits per heavy atom. The Kier molecular flexibility index (Phi) is 2.78. The largest absolute Gasteiger partial charge is 0.303 e. The molecule has 0 aliphatic heterocycles. The standard InChI is InChI=1S/C15H16O/c1-10-4-5-14-8-13(11(2)9-16)6-7-15(14)12(10)3/h4-9,11H,1-3H3. The third-order valence-electron chi connectivity index (χ3n) is 3.31. The third-order valence-corrected chi connectivity index (χ3v) is 3.31. The average Bonchev–Trinajstić information content (AvgIpc) is 2.32. The molecule has 16 heavy (non-hydrogen) atoms. The second-order valence-corrected chi connectivity index (χ2v) is 4.41. The molecule has 0 bridgehead atoms. The Morgan fingerprint density at radius 1 is 1.12 bits per heavy atom. The van der Waals surface area contributed by atoms with Crippen molar-refractivity contribution in [3.8, 4) is 0 Å². The molecule has 0 saturated carbocycles. The van der Waals surface area contributed by atoms with Gasteiger partial charge in [0.25, 0.3) is 0 Å². The maximum atomic E-state index is 10.8. The number of hydrogen-bond acceptors (Lipinski definition) is 1. The van der Waals surface area contributed by atoms with Gasteiger partial charge in [0.05, 0.1) is 0 Å². The minimum atomic E-state index is -0.0222. The Hall–Kier alpha value is -1.63. The highest BCUT2D eigenvalue weighted by atomic mass is 16.1. The van der Waals surface area contributed by atoms with Gasteiger partial charge in [-0.2, -0.15) is 0 Å². The van der Waals surface area contributed by atoms with E-state index in [1.54, 1.807) is 0 Å². The normalized spacial score (nSPS) is 12.7. The molecule has 0 heterocycles. The fourth-order valence-electron chi connectivity index (χ4n) is 1.97. The Balaban J connectivity index is 2.64. The molecule has 1 unspecified atom stereocenters. The monoisotopic (exact) mass is 212 g/mol. The van der Waals surface area contributed by atoms with Crippen molar-refractivity contribution in [1.29, 1.82) is 0 Å². The van der Waals surface area contributed by atoms with Crippen LogP contribution in [-0.2, 0) is 4.79 Å². The molecule has 0 radical (unpaired) electrons. The van der Waals surface area contributed by atoms with Gasteiger partial charge in [-0.25, -0.2) is 0 Å². The SMILES string of the molecule is Cc1ccc2cc(C(C)C=O)ccc2c1C. The predicted molar refractivity (Wildman–Crippen MR) is 67.9 cm³/mol. The van der Waals surface area contributed by atoms with E-state index in [2.05, 4.69) is 38.1 Å². The van der Waals surface area contributed by atoms with Crippen LogP contribution in [0.1, 0.15) is 29.5 Å². The van der Waals surface area contributed by atoms with Crippen LogP contribution in [0.4, 0.5) is 0 Å². The smallest absolute Gasteiger partial charge is 0.127 e. The van der Waals surface area contributed by atoms with Gasteiger partial charge in [0.1, 0.15) is 6.29 Å². The summed E-state index contributed by atoms with van der Waals surface area (Å²) in [5.74, 6) is -0.0222. The first kappa shape index (κ1) is 10.9. The molecule has 2 aromatic rings. The van der Waals surface area contributed by atoms with Crippen molar-refractivity contribution in [2.24, 2.45) is 0 Å². The molecule has 0 spiro atoms. The number of carbonyl (C=O) groups is 1. The quantitative estimate of drug-likeness (QED) is 0.693. The van der Waals surface area contributed by atoms with Crippen molar-refractivity contribution in [3.05, 3.63) is 47.0 Å². The zero-order chi connectivity index (χ0) is 11.7. The molecule has 0 fully saturated rings. The molecule has 82 valence electrons. The maximum Gasteiger partial charge on any atom is 0.127 e. The van der Waals surface area contributed by atoms with Crippen LogP contribution < -0.4 is 0 Å². The molecular weight excluding hydrogens is 196 g/mol. The lowest BCUT2D eigenvalue weighted by Gasteiger charge is -2.09. The number of benzene rings is 2. The van der Waals surface area contributed by atoms with Crippen molar-refractivity contribution >= 4 is 17.1 Å². The topological polar surface area (TPSA) is 17.1 Å². The summed E-state index contributed by atoms with van der Waals surface area (Å²) in [6.07, 6.45) is 0.988. The summed E-state index contributed by atoms with van der Waals surface area (Å²) in [4.78, 5) is 10.8. The Labute approximate surface area is 96.1 Å². The summed E-state index contributed by atoms with van der Waals surface area (Å²) in [7, 11) is 0. The summed E-state index contributed by atoms with van der Waals surface area (Å²) in [6.45, 7) is 6.19. The van der Waals surface area contributed by atoms with Gasteiger partial charge in [0.2, 0.25) is 0 Å². The first-order chi connectivity index (χ1) is 7.63. The number of aldehydes is 1. The van der Waals surface area contributed by atoms with E-state index in [0.29, 0.717) is 0 Å². The predicted octanol–water partition coefficient (Wildman–Crippen LogP) is 3.76. The van der Waals surface area contributed by atoms with E-state index in [1.165, 1.54) is 21.9 Å². The number of fused-ring (bicyclic) bond motifs is 1. The lowest BCUT2D eigenvalue weighted by Crippen LogP contribution is -1.94. The molecule has 1 nitrogen and oxygen atoms in total. The molecule has 1 heteroatoms. The number of carbonyl (C=O) groups excluding carboxylic acids is 1. The summed E-state index contributed by atoms with van der Waals surface area (Å²) in [5.41, 5.74) is 3.72. The first-order valence-electron chi connectivity index (χ1n) is 5.58. The van der Waals surface area contributed by atoms with E-state index in [0.717, 1.165) is 11.8 Å². The molecule has 1 atom stereocenters. The van der Waals surface area contributed by atoms with E-state index in [1.807, 2.05) is 13.0 Å². The second kappa shape index (κ2) is 4.09. The average molecular weight is 212 g/mol. The lowest BCUT2D eigenvalue weighted by molar-refractivity contribution is -0.108. The van der Waals surface area contributed by atoms with Crippen LogP contribution in [0.2, 0.25) is 0 Å². The van der Waals surface area contributed by atoms with Gasteiger partial charge in [-0.05, 0) is 41.3 Å². The highest BCUT2D eigenvalue weighted by Crippen LogP contribution is 2.25. The Bertz CT molecular complexity index is 540. The first-order valence-corrected chi connectivity index (χ1v) is 5.58. The second-order valence-electron chi connectivity index (χ2n) is 4.41. The fraction of sp³-hybridized carbons (Fsp3) is 0.267. The van der Waals surface area contributed by atoms with Gasteiger partial charge < -0.3 is 4.79 Å². The summed E-state index contributed by atoms with van der Waals surface area (Å²) in [6, 6.07) is 10.5. The minimum Gasteiger partial charge on any atom is -0.303 e. The zero-order valence-corrected chi connectivity index (χ0v) is 9.95. The molecule has 0 aliphatic carbocycles. The lowest BCUT2D eigenvalue weighted by atomic mass is 9.95. The van der Waals surface area contributed by atoms with Crippen molar-refractivity contribution < 1.29 is 4.79 Å². The van der Waals surface area contributed by atoms with Crippen LogP contribution in [0.25, 0.3) is 10.8 Å². The van der Waals surface area contributed by atoms with E-state index in [-0.39, 0.29) is 5.92 Å². The summed E-state index contributed by atoms with van der Waals surface area (Å²) >= 11 is 0. The van der Waals surface area contributed by atoms with Crippen LogP contribution >= 0.6 is 0 Å². The van der Waals surface area contributed by atoms with E-state index < -0.39 is 0 Å². The van der Waals surface area contributed by atoms with Gasteiger partial charge in [0.15, 0.2) is 0 Å². The molecular formula is C15H16O. The van der Waals surface area contributed by atoms with Crippen molar-refractivity contribution in [2.75, 3.05) is 0 Å². The molecule has 0 amide bonds. The summed E-state index contributed by atoms with van der Waals surface area (Å²) < 4.78 is 0. The molecule has 2 rings (SSSR count). The molecule has 0 saturated heterocycles. The van der Waals surface area contributed by atoms with Crippen LogP contribution in [-0.4, -0.2) is 6.29 Å². The van der Waals surface area contributed by atoms with Gasteiger partial charge in [-0.1, -0.05) is 37.3 Å². The third kappa shape index (κ3) is 1.73. The van der Waals surface area contributed by atoms with E-state index >= 15 is 0 Å². The number of rotatable bonds is 2. The molecule has 0 aliphatic rings. The van der Waals surface area contributed by atoms with E-state index in [4.69, 9.17) is 0 Å². The van der Waals surface area contributed by atoms with Crippen molar-refractivity contribution in [3.63, 3.8) is 0 Å². The fourth-order valence-corrected chi connectivity index (χ4v) is 1.97. The van der Waals surface area contributed by atoms with Gasteiger partial charge >= 0.3 is 0 Å². The van der Waals surface area contributed by atoms with Gasteiger partial charge in [0, 0.05) is 5.92 Å². The van der Waals surface area contributed by atoms with Crippen molar-refractivity contribution in [1.82, 2.24) is 0 Å². The maximum absolute atomic E-state index is 10.8. The zero-order valence-electron chi connectivity index (χ0n) is 9.95. The molecule has 0 aromatic heterocycles. The van der Waals surface area contributed by atoms with Gasteiger partial charge in [-0.3, -0.25) is 0 Å². The minimum absolute atomic E-state index is 0.0222. The number of aryl methyl sites for hydroxylation is 2. The number of hydrogen-bond donors (Lipinski definition) is 0. The van der Waals surface area contributed by atoms with Crippen LogP contribution in [0.15, 0.2) is 30.3 Å². The van der Waals surface area contributed by atoms with Crippen LogP contribution in [0, 0.1) is 13.8 Å². The summed E-state index contributed by atoms with van der Waals surface area (Å²) in [5, 5.41) is 2.50. The van der Waals surface area contributed by atoms with Gasteiger partial charge in [-0.15, -0.1) is 0 Å². The van der Waals surface area contributed by atoms with Crippen LogP contribution in [0.5, 0.6) is 0 Å².